The van der Waals surface area contributed by atoms with E-state index >= 15 is 0 Å². The first-order valence-corrected chi connectivity index (χ1v) is 6.57. The van der Waals surface area contributed by atoms with E-state index in [-0.39, 0.29) is 23.5 Å². The van der Waals surface area contributed by atoms with Crippen molar-refractivity contribution in [2.75, 3.05) is 18.5 Å². The predicted molar refractivity (Wildman–Crippen MR) is 73.2 cm³/mol. The molecular formula is C15H19NO3. The van der Waals surface area contributed by atoms with E-state index in [1.165, 1.54) is 6.92 Å². The standard InChI is InChI=1S/C15H19NO3/c1-10-9-19-7-6-14(10)15(18)16-13-5-3-4-12(8-13)11(2)17/h3-5,8,10,14H,6-7,9H2,1-2H3,(H,16,18). The van der Waals surface area contributed by atoms with Crippen LogP contribution in [0, 0.1) is 11.8 Å². The number of nitrogens with one attached hydrogen (secondary N) is 1. The largest absolute Gasteiger partial charge is 0.381 e. The third-order valence-electron chi connectivity index (χ3n) is 3.51. The first-order valence-electron chi connectivity index (χ1n) is 6.57. The van der Waals surface area contributed by atoms with Crippen molar-refractivity contribution in [3.05, 3.63) is 29.8 Å². The highest BCUT2D eigenvalue weighted by Gasteiger charge is 2.28. The fourth-order valence-corrected chi connectivity index (χ4v) is 2.32. The molecule has 4 heteroatoms. The Morgan fingerprint density at radius 1 is 1.37 bits per heavy atom. The molecular weight excluding hydrogens is 242 g/mol. The molecule has 0 aliphatic carbocycles. The molecule has 19 heavy (non-hydrogen) atoms. The van der Waals surface area contributed by atoms with Gasteiger partial charge in [0.15, 0.2) is 5.78 Å². The minimum absolute atomic E-state index is 0.00414. The van der Waals surface area contributed by atoms with Crippen molar-refractivity contribution in [2.45, 2.75) is 20.3 Å². The molecule has 102 valence electrons. The van der Waals surface area contributed by atoms with Crippen molar-refractivity contribution >= 4 is 17.4 Å². The van der Waals surface area contributed by atoms with Crippen LogP contribution in [0.4, 0.5) is 5.69 Å². The van der Waals surface area contributed by atoms with E-state index in [4.69, 9.17) is 4.74 Å². The van der Waals surface area contributed by atoms with E-state index < -0.39 is 0 Å². The lowest BCUT2D eigenvalue weighted by Gasteiger charge is -2.27. The molecule has 0 bridgehead atoms. The second kappa shape index (κ2) is 5.97. The first-order chi connectivity index (χ1) is 9.08. The molecule has 2 rings (SSSR count). The summed E-state index contributed by atoms with van der Waals surface area (Å²) in [7, 11) is 0. The molecule has 1 saturated heterocycles. The van der Waals surface area contributed by atoms with Crippen molar-refractivity contribution in [3.63, 3.8) is 0 Å². The Hall–Kier alpha value is -1.68. The summed E-state index contributed by atoms with van der Waals surface area (Å²) in [4.78, 5) is 23.5. The van der Waals surface area contributed by atoms with Crippen LogP contribution in [-0.4, -0.2) is 24.9 Å². The molecule has 1 aliphatic heterocycles. The Morgan fingerprint density at radius 2 is 2.16 bits per heavy atom. The van der Waals surface area contributed by atoms with Crippen LogP contribution in [0.1, 0.15) is 30.6 Å². The molecule has 1 heterocycles. The molecule has 2 unspecified atom stereocenters. The third-order valence-corrected chi connectivity index (χ3v) is 3.51. The van der Waals surface area contributed by atoms with E-state index in [0.29, 0.717) is 24.5 Å². The first kappa shape index (κ1) is 13.7. The number of hydrogen-bond donors (Lipinski definition) is 1. The summed E-state index contributed by atoms with van der Waals surface area (Å²) in [5, 5.41) is 2.89. The number of hydrogen-bond acceptors (Lipinski definition) is 3. The van der Waals surface area contributed by atoms with E-state index in [1.807, 2.05) is 6.92 Å². The van der Waals surface area contributed by atoms with Crippen LogP contribution in [0.2, 0.25) is 0 Å². The molecule has 1 fully saturated rings. The van der Waals surface area contributed by atoms with Crippen LogP contribution in [0.25, 0.3) is 0 Å². The van der Waals surface area contributed by atoms with Gasteiger partial charge in [0.25, 0.3) is 0 Å². The van der Waals surface area contributed by atoms with Crippen molar-refractivity contribution < 1.29 is 14.3 Å². The van der Waals surface area contributed by atoms with E-state index in [9.17, 15) is 9.59 Å². The predicted octanol–water partition coefficient (Wildman–Crippen LogP) is 2.50. The van der Waals surface area contributed by atoms with Gasteiger partial charge in [-0.3, -0.25) is 9.59 Å². The molecule has 1 aliphatic rings. The van der Waals surface area contributed by atoms with Gasteiger partial charge in [-0.15, -0.1) is 0 Å². The zero-order valence-corrected chi connectivity index (χ0v) is 11.3. The van der Waals surface area contributed by atoms with Crippen LogP contribution in [0.5, 0.6) is 0 Å². The Labute approximate surface area is 113 Å². The van der Waals surface area contributed by atoms with Crippen molar-refractivity contribution in [1.82, 2.24) is 0 Å². The number of carbonyl (C=O) groups excluding carboxylic acids is 2. The number of Topliss-reactive ketones (excluding diaryl/α,β-unsaturated/α-hetero) is 1. The molecule has 1 N–H and O–H groups in total. The maximum atomic E-state index is 12.2. The number of ether oxygens (including phenoxy) is 1. The van der Waals surface area contributed by atoms with Gasteiger partial charge in [0.1, 0.15) is 0 Å². The molecule has 1 amide bonds. The number of benzene rings is 1. The summed E-state index contributed by atoms with van der Waals surface area (Å²) in [5.41, 5.74) is 1.29. The zero-order valence-electron chi connectivity index (χ0n) is 11.3. The quantitative estimate of drug-likeness (QED) is 0.850. The maximum absolute atomic E-state index is 12.2. The van der Waals surface area contributed by atoms with Gasteiger partial charge in [-0.2, -0.15) is 0 Å². The van der Waals surface area contributed by atoms with Crippen LogP contribution in [0.3, 0.4) is 0 Å². The lowest BCUT2D eigenvalue weighted by molar-refractivity contribution is -0.125. The summed E-state index contributed by atoms with van der Waals surface area (Å²) in [6.45, 7) is 4.80. The van der Waals surface area contributed by atoms with Crippen LogP contribution >= 0.6 is 0 Å². The summed E-state index contributed by atoms with van der Waals surface area (Å²) in [6.07, 6.45) is 0.749. The number of carbonyl (C=O) groups is 2. The third kappa shape index (κ3) is 3.41. The summed E-state index contributed by atoms with van der Waals surface area (Å²) >= 11 is 0. The van der Waals surface area contributed by atoms with Gasteiger partial charge in [0, 0.05) is 30.4 Å². The highest BCUT2D eigenvalue weighted by molar-refractivity contribution is 5.97. The van der Waals surface area contributed by atoms with Gasteiger partial charge >= 0.3 is 0 Å². The van der Waals surface area contributed by atoms with Crippen LogP contribution in [0.15, 0.2) is 24.3 Å². The van der Waals surface area contributed by atoms with Gasteiger partial charge in [0.2, 0.25) is 5.91 Å². The highest BCUT2D eigenvalue weighted by Crippen LogP contribution is 2.23. The van der Waals surface area contributed by atoms with Gasteiger partial charge < -0.3 is 10.1 Å². The number of ketones is 1. The average molecular weight is 261 g/mol. The van der Waals surface area contributed by atoms with Crippen LogP contribution < -0.4 is 5.32 Å². The Balaban J connectivity index is 2.06. The smallest absolute Gasteiger partial charge is 0.227 e. The average Bonchev–Trinajstić information content (AvgIpc) is 2.39. The Bertz CT molecular complexity index is 484. The number of rotatable bonds is 3. The minimum Gasteiger partial charge on any atom is -0.381 e. The molecule has 1 aromatic rings. The molecule has 0 saturated carbocycles. The molecule has 0 radical (unpaired) electrons. The fourth-order valence-electron chi connectivity index (χ4n) is 2.32. The van der Waals surface area contributed by atoms with E-state index in [2.05, 4.69) is 5.32 Å². The van der Waals surface area contributed by atoms with E-state index in [0.717, 1.165) is 6.42 Å². The van der Waals surface area contributed by atoms with Crippen molar-refractivity contribution in [2.24, 2.45) is 11.8 Å². The summed E-state index contributed by atoms with van der Waals surface area (Å²) in [6, 6.07) is 7.04. The van der Waals surface area contributed by atoms with Crippen molar-refractivity contribution in [1.29, 1.82) is 0 Å². The monoisotopic (exact) mass is 261 g/mol. The van der Waals surface area contributed by atoms with Gasteiger partial charge in [-0.1, -0.05) is 19.1 Å². The topological polar surface area (TPSA) is 55.4 Å². The molecule has 4 nitrogen and oxygen atoms in total. The molecule has 2 atom stereocenters. The Morgan fingerprint density at radius 3 is 2.84 bits per heavy atom. The molecule has 0 aromatic heterocycles. The maximum Gasteiger partial charge on any atom is 0.227 e. The normalized spacial score (nSPS) is 22.8. The van der Waals surface area contributed by atoms with Gasteiger partial charge in [0.05, 0.1) is 0 Å². The highest BCUT2D eigenvalue weighted by atomic mass is 16.5. The molecule has 0 spiro atoms. The molecule has 1 aromatic carbocycles. The number of anilines is 1. The fraction of sp³-hybridized carbons (Fsp3) is 0.467. The van der Waals surface area contributed by atoms with E-state index in [1.54, 1.807) is 24.3 Å². The minimum atomic E-state index is -0.0188. The zero-order chi connectivity index (χ0) is 13.8. The lowest BCUT2D eigenvalue weighted by atomic mass is 9.89. The Kier molecular flexibility index (Phi) is 4.32. The van der Waals surface area contributed by atoms with Gasteiger partial charge in [-0.25, -0.2) is 0 Å². The summed E-state index contributed by atoms with van der Waals surface area (Å²) < 4.78 is 5.34. The second-order valence-electron chi connectivity index (χ2n) is 5.07. The lowest BCUT2D eigenvalue weighted by Crippen LogP contribution is -2.35. The van der Waals surface area contributed by atoms with Gasteiger partial charge in [-0.05, 0) is 31.4 Å². The summed E-state index contributed by atoms with van der Waals surface area (Å²) in [5.74, 6) is 0.214. The second-order valence-corrected chi connectivity index (χ2v) is 5.07. The van der Waals surface area contributed by atoms with Crippen molar-refractivity contribution in [3.8, 4) is 0 Å². The number of amides is 1. The SMILES string of the molecule is CC(=O)c1cccc(NC(=O)C2CCOCC2C)c1. The van der Waals surface area contributed by atoms with Crippen LogP contribution in [-0.2, 0) is 9.53 Å².